The van der Waals surface area contributed by atoms with E-state index in [-0.39, 0.29) is 0 Å². The van der Waals surface area contributed by atoms with E-state index < -0.39 is 0 Å². The van der Waals surface area contributed by atoms with Crippen LogP contribution in [-0.2, 0) is 6.54 Å². The van der Waals surface area contributed by atoms with Crippen LogP contribution in [0.5, 0.6) is 0 Å². The van der Waals surface area contributed by atoms with Crippen molar-refractivity contribution < 1.29 is 0 Å². The van der Waals surface area contributed by atoms with Gasteiger partial charge in [-0.2, -0.15) is 0 Å². The van der Waals surface area contributed by atoms with Gasteiger partial charge in [-0.05, 0) is 57.6 Å². The van der Waals surface area contributed by atoms with Crippen molar-refractivity contribution in [2.45, 2.75) is 40.2 Å². The van der Waals surface area contributed by atoms with Gasteiger partial charge in [0, 0.05) is 29.4 Å². The van der Waals surface area contributed by atoms with Gasteiger partial charge in [0.25, 0.3) is 0 Å². The maximum Gasteiger partial charge on any atom is 0.123 e. The van der Waals surface area contributed by atoms with Crippen molar-refractivity contribution in [3.63, 3.8) is 0 Å². The lowest BCUT2D eigenvalue weighted by Crippen LogP contribution is -2.10. The fourth-order valence-electron chi connectivity index (χ4n) is 2.53. The van der Waals surface area contributed by atoms with E-state index in [1.165, 1.54) is 22.4 Å². The lowest BCUT2D eigenvalue weighted by molar-refractivity contribution is 0.402. The molecule has 1 aromatic heterocycles. The third-order valence-electron chi connectivity index (χ3n) is 3.52. The molecule has 1 heterocycles. The maximum atomic E-state index is 4.86. The molecular weight excluding hydrogens is 290 g/mol. The topological polar surface area (TPSA) is 28.5 Å². The molecule has 0 saturated carbocycles. The molecule has 0 amide bonds. The number of nitrogens with zero attached hydrogens (tertiary/aromatic N) is 3. The Bertz CT molecular complexity index is 643. The van der Waals surface area contributed by atoms with Crippen molar-refractivity contribution in [3.05, 3.63) is 34.8 Å². The van der Waals surface area contributed by atoms with Crippen LogP contribution in [0, 0.1) is 6.92 Å². The quantitative estimate of drug-likeness (QED) is 0.696. The number of hydrogen-bond donors (Lipinski definition) is 0. The highest BCUT2D eigenvalue weighted by Gasteiger charge is 2.11. The summed E-state index contributed by atoms with van der Waals surface area (Å²) in [5.74, 6) is 0. The molecule has 2 rings (SSSR count). The summed E-state index contributed by atoms with van der Waals surface area (Å²) in [4.78, 5) is 11.5. The highest BCUT2D eigenvalue weighted by molar-refractivity contribution is 7.13. The van der Waals surface area contributed by atoms with Crippen LogP contribution in [0.1, 0.15) is 37.8 Å². The van der Waals surface area contributed by atoms with E-state index in [4.69, 9.17) is 4.99 Å². The van der Waals surface area contributed by atoms with Crippen LogP contribution >= 0.6 is 11.3 Å². The Balaban J connectivity index is 2.52. The summed E-state index contributed by atoms with van der Waals surface area (Å²) in [6, 6.07) is 4.47. The van der Waals surface area contributed by atoms with Crippen LogP contribution in [0.25, 0.3) is 10.6 Å². The van der Waals surface area contributed by atoms with Crippen LogP contribution in [0.2, 0.25) is 0 Å². The first-order valence-electron chi connectivity index (χ1n) is 7.73. The standard InChI is InChI=1S/C18H25N3S/c1-6-7-13(2)20-17-11-15(12-21(4)5)10-16(14(17)3)18-19-8-9-22-18/h8-11H,6-7,12H2,1-5H3. The minimum absolute atomic E-state index is 0.911. The molecule has 1 aromatic carbocycles. The Hall–Kier alpha value is -1.52. The summed E-state index contributed by atoms with van der Waals surface area (Å²) in [6.45, 7) is 7.36. The molecule has 4 heteroatoms. The number of hydrogen-bond acceptors (Lipinski definition) is 4. The molecule has 0 atom stereocenters. The molecule has 0 radical (unpaired) electrons. The van der Waals surface area contributed by atoms with Crippen molar-refractivity contribution in [1.82, 2.24) is 9.88 Å². The summed E-state index contributed by atoms with van der Waals surface area (Å²) in [5, 5.41) is 3.10. The Morgan fingerprint density at radius 1 is 1.32 bits per heavy atom. The second-order valence-corrected chi connectivity index (χ2v) is 6.85. The van der Waals surface area contributed by atoms with Gasteiger partial charge in [0.15, 0.2) is 0 Å². The number of rotatable bonds is 6. The predicted molar refractivity (Wildman–Crippen MR) is 97.4 cm³/mol. The van der Waals surface area contributed by atoms with Gasteiger partial charge in [-0.3, -0.25) is 4.99 Å². The van der Waals surface area contributed by atoms with Gasteiger partial charge < -0.3 is 4.90 Å². The van der Waals surface area contributed by atoms with Crippen molar-refractivity contribution in [3.8, 4) is 10.6 Å². The van der Waals surface area contributed by atoms with E-state index in [2.05, 4.69) is 56.9 Å². The highest BCUT2D eigenvalue weighted by Crippen LogP contribution is 2.33. The van der Waals surface area contributed by atoms with Gasteiger partial charge in [-0.1, -0.05) is 13.3 Å². The first-order valence-corrected chi connectivity index (χ1v) is 8.61. The highest BCUT2D eigenvalue weighted by atomic mass is 32.1. The van der Waals surface area contributed by atoms with Crippen molar-refractivity contribution in [1.29, 1.82) is 0 Å². The molecule has 0 aliphatic carbocycles. The Labute approximate surface area is 137 Å². The monoisotopic (exact) mass is 315 g/mol. The molecule has 0 spiro atoms. The van der Waals surface area contributed by atoms with Crippen molar-refractivity contribution >= 4 is 22.7 Å². The van der Waals surface area contributed by atoms with E-state index in [1.807, 2.05) is 11.6 Å². The summed E-state index contributed by atoms with van der Waals surface area (Å²) in [6.07, 6.45) is 4.04. The third kappa shape index (κ3) is 4.24. The average Bonchev–Trinajstić information content (AvgIpc) is 2.95. The second-order valence-electron chi connectivity index (χ2n) is 5.96. The minimum atomic E-state index is 0.911. The summed E-state index contributed by atoms with van der Waals surface area (Å²) in [5.41, 5.74) is 5.97. The van der Waals surface area contributed by atoms with E-state index in [0.717, 1.165) is 30.1 Å². The molecule has 2 aromatic rings. The molecule has 22 heavy (non-hydrogen) atoms. The lowest BCUT2D eigenvalue weighted by Gasteiger charge is -2.14. The smallest absolute Gasteiger partial charge is 0.123 e. The van der Waals surface area contributed by atoms with Gasteiger partial charge >= 0.3 is 0 Å². The van der Waals surface area contributed by atoms with Crippen LogP contribution in [0.3, 0.4) is 0 Å². The molecule has 0 saturated heterocycles. The van der Waals surface area contributed by atoms with Crippen LogP contribution in [-0.4, -0.2) is 29.7 Å². The largest absolute Gasteiger partial charge is 0.305 e. The molecule has 0 N–H and O–H groups in total. The number of benzene rings is 1. The molecule has 0 aliphatic heterocycles. The van der Waals surface area contributed by atoms with E-state index in [1.54, 1.807) is 11.3 Å². The average molecular weight is 315 g/mol. The summed E-state index contributed by atoms with van der Waals surface area (Å²) >= 11 is 1.68. The fraction of sp³-hybridized carbons (Fsp3) is 0.444. The Morgan fingerprint density at radius 2 is 2.09 bits per heavy atom. The predicted octanol–water partition coefficient (Wildman–Crippen LogP) is 5.07. The van der Waals surface area contributed by atoms with Crippen molar-refractivity contribution in [2.24, 2.45) is 4.99 Å². The zero-order valence-electron chi connectivity index (χ0n) is 14.2. The number of thiazole rings is 1. The first-order chi connectivity index (χ1) is 10.5. The maximum absolute atomic E-state index is 4.86. The number of aliphatic imine (C=N–C) groups is 1. The zero-order valence-corrected chi connectivity index (χ0v) is 15.0. The molecule has 0 bridgehead atoms. The molecular formula is C18H25N3S. The molecule has 0 fully saturated rings. The van der Waals surface area contributed by atoms with Crippen LogP contribution in [0.15, 0.2) is 28.7 Å². The summed E-state index contributed by atoms with van der Waals surface area (Å²) in [7, 11) is 4.18. The first kappa shape index (κ1) is 16.8. The van der Waals surface area contributed by atoms with Gasteiger partial charge in [-0.15, -0.1) is 11.3 Å². The van der Waals surface area contributed by atoms with Crippen molar-refractivity contribution in [2.75, 3.05) is 14.1 Å². The second kappa shape index (κ2) is 7.65. The van der Waals surface area contributed by atoms with Gasteiger partial charge in [0.2, 0.25) is 0 Å². The van der Waals surface area contributed by atoms with E-state index >= 15 is 0 Å². The summed E-state index contributed by atoms with van der Waals surface area (Å²) < 4.78 is 0. The van der Waals surface area contributed by atoms with E-state index in [9.17, 15) is 0 Å². The van der Waals surface area contributed by atoms with E-state index in [0.29, 0.717) is 0 Å². The SMILES string of the molecule is CCCC(C)=Nc1cc(CN(C)C)cc(-c2nccs2)c1C. The third-order valence-corrected chi connectivity index (χ3v) is 4.33. The number of aromatic nitrogens is 1. The zero-order chi connectivity index (χ0) is 16.1. The Kier molecular flexibility index (Phi) is 5.86. The molecule has 118 valence electrons. The molecule has 0 aliphatic rings. The molecule has 0 unspecified atom stereocenters. The van der Waals surface area contributed by atoms with Gasteiger partial charge in [-0.25, -0.2) is 4.98 Å². The Morgan fingerprint density at radius 3 is 2.68 bits per heavy atom. The normalized spacial score (nSPS) is 12.2. The fourth-order valence-corrected chi connectivity index (χ4v) is 3.24. The molecule has 3 nitrogen and oxygen atoms in total. The van der Waals surface area contributed by atoms with Gasteiger partial charge in [0.1, 0.15) is 5.01 Å². The van der Waals surface area contributed by atoms with Crippen LogP contribution in [0.4, 0.5) is 5.69 Å². The van der Waals surface area contributed by atoms with Gasteiger partial charge in [0.05, 0.1) is 5.69 Å². The van der Waals surface area contributed by atoms with Crippen LogP contribution < -0.4 is 0 Å². The minimum Gasteiger partial charge on any atom is -0.305 e. The lowest BCUT2D eigenvalue weighted by atomic mass is 10.0.